The number of benzene rings is 2. The molecule has 0 saturated heterocycles. The van der Waals surface area contributed by atoms with E-state index in [9.17, 15) is 13.2 Å². The van der Waals surface area contributed by atoms with Gasteiger partial charge in [-0.05, 0) is 54.8 Å². The summed E-state index contributed by atoms with van der Waals surface area (Å²) in [6.45, 7) is 2.08. The molecule has 2 aromatic carbocycles. The fourth-order valence-corrected chi connectivity index (χ4v) is 3.06. The normalized spacial score (nSPS) is 11.9. The van der Waals surface area contributed by atoms with E-state index in [1.54, 1.807) is 24.3 Å². The molecule has 6 heteroatoms. The first-order valence-electron chi connectivity index (χ1n) is 8.47. The van der Waals surface area contributed by atoms with Gasteiger partial charge in [0.15, 0.2) is 0 Å². The van der Waals surface area contributed by atoms with Gasteiger partial charge in [0.2, 0.25) is 0 Å². The van der Waals surface area contributed by atoms with Gasteiger partial charge in [-0.1, -0.05) is 25.8 Å². The fraction of sp³-hybridized carbons (Fsp3) is 0.300. The second kappa shape index (κ2) is 7.66. The summed E-state index contributed by atoms with van der Waals surface area (Å²) in [5, 5.41) is 0.794. The van der Waals surface area contributed by atoms with Gasteiger partial charge in [0, 0.05) is 10.3 Å². The van der Waals surface area contributed by atoms with E-state index < -0.39 is 6.36 Å². The van der Waals surface area contributed by atoms with Gasteiger partial charge in [0.05, 0.1) is 5.56 Å². The molecule has 138 valence electrons. The summed E-state index contributed by atoms with van der Waals surface area (Å²) in [6.07, 6.45) is -1.04. The average Bonchev–Trinajstić information content (AvgIpc) is 2.96. The Balaban J connectivity index is 2.00. The van der Waals surface area contributed by atoms with Crippen LogP contribution in [-0.2, 0) is 6.42 Å². The van der Waals surface area contributed by atoms with Crippen molar-refractivity contribution in [2.45, 2.75) is 43.9 Å². The SMILES string of the molecule is CCCCCc1ccc(-c2cc3ccc(S)cc3o2)c(OC(F)(F)F)c1. The van der Waals surface area contributed by atoms with Crippen LogP contribution in [0, 0.1) is 0 Å². The number of halogens is 3. The van der Waals surface area contributed by atoms with E-state index in [-0.39, 0.29) is 11.3 Å². The molecule has 3 aromatic rings. The van der Waals surface area contributed by atoms with Crippen LogP contribution in [0.2, 0.25) is 0 Å². The summed E-state index contributed by atoms with van der Waals surface area (Å²) in [5.74, 6) is 0.0925. The van der Waals surface area contributed by atoms with Crippen LogP contribution in [0.15, 0.2) is 51.8 Å². The van der Waals surface area contributed by atoms with Crippen LogP contribution in [0.4, 0.5) is 13.2 Å². The first-order chi connectivity index (χ1) is 12.4. The molecule has 1 aromatic heterocycles. The molecule has 0 unspecified atom stereocenters. The summed E-state index contributed by atoms with van der Waals surface area (Å²) in [7, 11) is 0. The number of thiol groups is 1. The Hall–Kier alpha value is -2.08. The molecule has 3 rings (SSSR count). The van der Waals surface area contributed by atoms with Gasteiger partial charge < -0.3 is 9.15 Å². The predicted molar refractivity (Wildman–Crippen MR) is 98.8 cm³/mol. The van der Waals surface area contributed by atoms with Crippen LogP contribution >= 0.6 is 12.6 Å². The fourth-order valence-electron chi connectivity index (χ4n) is 2.87. The maximum absolute atomic E-state index is 12.9. The quantitative estimate of drug-likeness (QED) is 0.367. The Morgan fingerprint density at radius 1 is 1.04 bits per heavy atom. The minimum Gasteiger partial charge on any atom is -0.456 e. The average molecular weight is 380 g/mol. The van der Waals surface area contributed by atoms with Crippen LogP contribution in [0.25, 0.3) is 22.3 Å². The van der Waals surface area contributed by atoms with E-state index in [0.717, 1.165) is 35.1 Å². The zero-order valence-corrected chi connectivity index (χ0v) is 15.2. The van der Waals surface area contributed by atoms with Crippen LogP contribution in [0.5, 0.6) is 5.75 Å². The van der Waals surface area contributed by atoms with Crippen molar-refractivity contribution >= 4 is 23.6 Å². The Bertz CT molecular complexity index is 900. The minimum absolute atomic E-state index is 0.239. The van der Waals surface area contributed by atoms with Gasteiger partial charge in [0.25, 0.3) is 0 Å². The highest BCUT2D eigenvalue weighted by atomic mass is 32.1. The van der Waals surface area contributed by atoms with E-state index in [4.69, 9.17) is 4.42 Å². The number of hydrogen-bond acceptors (Lipinski definition) is 3. The Morgan fingerprint density at radius 3 is 2.58 bits per heavy atom. The van der Waals surface area contributed by atoms with Crippen molar-refractivity contribution in [3.63, 3.8) is 0 Å². The third-order valence-electron chi connectivity index (χ3n) is 4.11. The number of fused-ring (bicyclic) bond motifs is 1. The van der Waals surface area contributed by atoms with Crippen molar-refractivity contribution in [1.29, 1.82) is 0 Å². The molecule has 0 fully saturated rings. The molecule has 0 N–H and O–H groups in total. The smallest absolute Gasteiger partial charge is 0.456 e. The number of alkyl halides is 3. The summed E-state index contributed by atoms with van der Waals surface area (Å²) >= 11 is 4.25. The molecule has 0 spiro atoms. The van der Waals surface area contributed by atoms with Crippen LogP contribution in [0.3, 0.4) is 0 Å². The van der Waals surface area contributed by atoms with Crippen molar-refractivity contribution in [2.24, 2.45) is 0 Å². The second-order valence-electron chi connectivity index (χ2n) is 6.17. The van der Waals surface area contributed by atoms with E-state index in [1.807, 2.05) is 12.1 Å². The summed E-state index contributed by atoms with van der Waals surface area (Å²) in [6, 6.07) is 12.0. The second-order valence-corrected chi connectivity index (χ2v) is 6.68. The van der Waals surface area contributed by atoms with E-state index in [0.29, 0.717) is 17.8 Å². The number of aryl methyl sites for hydroxylation is 1. The first-order valence-corrected chi connectivity index (χ1v) is 8.92. The molecule has 0 atom stereocenters. The zero-order chi connectivity index (χ0) is 18.7. The van der Waals surface area contributed by atoms with Crippen molar-refractivity contribution in [3.8, 4) is 17.1 Å². The third-order valence-corrected chi connectivity index (χ3v) is 4.39. The van der Waals surface area contributed by atoms with E-state index in [1.165, 1.54) is 6.07 Å². The molecule has 0 aliphatic carbocycles. The van der Waals surface area contributed by atoms with E-state index in [2.05, 4.69) is 24.3 Å². The number of unbranched alkanes of at least 4 members (excludes halogenated alkanes) is 2. The van der Waals surface area contributed by atoms with Gasteiger partial charge in [-0.2, -0.15) is 0 Å². The molecule has 0 radical (unpaired) electrons. The molecule has 0 aliphatic heterocycles. The molecule has 2 nitrogen and oxygen atoms in total. The van der Waals surface area contributed by atoms with Crippen molar-refractivity contribution in [2.75, 3.05) is 0 Å². The van der Waals surface area contributed by atoms with Gasteiger partial charge in [0.1, 0.15) is 17.1 Å². The van der Waals surface area contributed by atoms with Gasteiger partial charge in [-0.25, -0.2) is 0 Å². The lowest BCUT2D eigenvalue weighted by atomic mass is 10.0. The van der Waals surface area contributed by atoms with Gasteiger partial charge in [-0.15, -0.1) is 25.8 Å². The minimum atomic E-state index is -4.76. The standard InChI is InChI=1S/C20H19F3O2S/c1-2-3-4-5-13-6-9-16(19(10-13)25-20(21,22)23)18-11-14-7-8-15(26)12-17(14)24-18/h6-12,26H,2-5H2,1H3. The monoisotopic (exact) mass is 380 g/mol. The molecule has 26 heavy (non-hydrogen) atoms. The van der Waals surface area contributed by atoms with E-state index >= 15 is 0 Å². The molecule has 0 amide bonds. The zero-order valence-electron chi connectivity index (χ0n) is 14.3. The lowest BCUT2D eigenvalue weighted by molar-refractivity contribution is -0.274. The number of hydrogen-bond donors (Lipinski definition) is 1. The molecule has 0 aliphatic rings. The Kier molecular flexibility index (Phi) is 5.51. The summed E-state index contributed by atoms with van der Waals surface area (Å²) in [4.78, 5) is 0.719. The van der Waals surface area contributed by atoms with Gasteiger partial charge >= 0.3 is 6.36 Å². The highest BCUT2D eigenvalue weighted by Gasteiger charge is 2.32. The maximum Gasteiger partial charge on any atom is 0.573 e. The van der Waals surface area contributed by atoms with Crippen LogP contribution in [-0.4, -0.2) is 6.36 Å². The van der Waals surface area contributed by atoms with Crippen molar-refractivity contribution in [3.05, 3.63) is 48.0 Å². The Labute approximate surface area is 155 Å². The lowest BCUT2D eigenvalue weighted by Crippen LogP contribution is -2.17. The van der Waals surface area contributed by atoms with Crippen molar-refractivity contribution < 1.29 is 22.3 Å². The highest BCUT2D eigenvalue weighted by molar-refractivity contribution is 7.80. The third kappa shape index (κ3) is 4.55. The highest BCUT2D eigenvalue weighted by Crippen LogP contribution is 2.38. The van der Waals surface area contributed by atoms with Crippen LogP contribution < -0.4 is 4.74 Å². The molecule has 0 saturated carbocycles. The van der Waals surface area contributed by atoms with Crippen molar-refractivity contribution in [1.82, 2.24) is 0 Å². The number of ether oxygens (including phenoxy) is 1. The number of rotatable bonds is 6. The van der Waals surface area contributed by atoms with Crippen LogP contribution in [0.1, 0.15) is 31.7 Å². The first kappa shape index (κ1) is 18.7. The summed E-state index contributed by atoms with van der Waals surface area (Å²) < 4.78 is 48.6. The lowest BCUT2D eigenvalue weighted by Gasteiger charge is -2.13. The number of furan rings is 1. The molecular weight excluding hydrogens is 361 g/mol. The maximum atomic E-state index is 12.9. The topological polar surface area (TPSA) is 22.4 Å². The molecule has 0 bridgehead atoms. The molecular formula is C20H19F3O2S. The van der Waals surface area contributed by atoms with Gasteiger partial charge in [-0.3, -0.25) is 0 Å². The summed E-state index contributed by atoms with van der Waals surface area (Å²) in [5.41, 5.74) is 1.66. The largest absolute Gasteiger partial charge is 0.573 e. The Morgan fingerprint density at radius 2 is 1.85 bits per heavy atom. The molecule has 1 heterocycles. The predicted octanol–water partition coefficient (Wildman–Crippen LogP) is 7.02.